The molecular weight excluding hydrogens is 287 g/mol. The Morgan fingerprint density at radius 3 is 2.45 bits per heavy atom. The summed E-state index contributed by atoms with van der Waals surface area (Å²) in [5.41, 5.74) is 3.45. The highest BCUT2D eigenvalue weighted by atomic mass is 32.2. The minimum absolute atomic E-state index is 0.197. The lowest BCUT2D eigenvalue weighted by molar-refractivity contribution is 0.628. The standard InChI is InChI=1S/C17H13FS2/c1-19-16-5-3-2-4-15(16)17-10-13(11-20-17)12-6-8-14(18)9-7-12/h2-11H,1H3. The molecule has 3 heteroatoms. The average molecular weight is 300 g/mol. The summed E-state index contributed by atoms with van der Waals surface area (Å²) < 4.78 is 13.0. The number of halogens is 1. The van der Waals surface area contributed by atoms with E-state index < -0.39 is 0 Å². The highest BCUT2D eigenvalue weighted by molar-refractivity contribution is 7.98. The minimum atomic E-state index is -0.197. The van der Waals surface area contributed by atoms with Crippen molar-refractivity contribution in [2.45, 2.75) is 4.90 Å². The van der Waals surface area contributed by atoms with Crippen molar-refractivity contribution < 1.29 is 4.39 Å². The first kappa shape index (κ1) is 13.4. The van der Waals surface area contributed by atoms with E-state index in [1.165, 1.54) is 27.5 Å². The van der Waals surface area contributed by atoms with Crippen LogP contribution in [0.5, 0.6) is 0 Å². The van der Waals surface area contributed by atoms with E-state index in [0.717, 1.165) is 11.1 Å². The maximum Gasteiger partial charge on any atom is 0.123 e. The number of thiophene rings is 1. The smallest absolute Gasteiger partial charge is 0.123 e. The van der Waals surface area contributed by atoms with Crippen LogP contribution in [0.1, 0.15) is 0 Å². The van der Waals surface area contributed by atoms with Crippen molar-refractivity contribution in [2.75, 3.05) is 6.26 Å². The van der Waals surface area contributed by atoms with Crippen LogP contribution in [0.15, 0.2) is 64.9 Å². The molecule has 0 aliphatic carbocycles. The summed E-state index contributed by atoms with van der Waals surface area (Å²) in [4.78, 5) is 2.52. The first-order valence-electron chi connectivity index (χ1n) is 6.26. The molecule has 0 nitrogen and oxygen atoms in total. The van der Waals surface area contributed by atoms with Gasteiger partial charge in [-0.05, 0) is 47.0 Å². The third-order valence-electron chi connectivity index (χ3n) is 3.15. The lowest BCUT2D eigenvalue weighted by Gasteiger charge is -2.04. The van der Waals surface area contributed by atoms with Gasteiger partial charge in [0.1, 0.15) is 5.82 Å². The van der Waals surface area contributed by atoms with Crippen molar-refractivity contribution in [3.05, 3.63) is 65.8 Å². The van der Waals surface area contributed by atoms with E-state index in [-0.39, 0.29) is 5.82 Å². The third-order valence-corrected chi connectivity index (χ3v) is 4.91. The van der Waals surface area contributed by atoms with E-state index >= 15 is 0 Å². The van der Waals surface area contributed by atoms with Gasteiger partial charge >= 0.3 is 0 Å². The second kappa shape index (κ2) is 5.81. The topological polar surface area (TPSA) is 0 Å². The van der Waals surface area contributed by atoms with Crippen molar-refractivity contribution in [2.24, 2.45) is 0 Å². The highest BCUT2D eigenvalue weighted by Gasteiger charge is 2.08. The van der Waals surface area contributed by atoms with Gasteiger partial charge in [0.15, 0.2) is 0 Å². The SMILES string of the molecule is CSc1ccccc1-c1cc(-c2ccc(F)cc2)cs1. The number of rotatable bonds is 3. The van der Waals surface area contributed by atoms with Crippen LogP contribution in [0.3, 0.4) is 0 Å². The Morgan fingerprint density at radius 2 is 1.70 bits per heavy atom. The first-order valence-corrected chi connectivity index (χ1v) is 8.36. The fourth-order valence-corrected chi connectivity index (χ4v) is 3.75. The highest BCUT2D eigenvalue weighted by Crippen LogP contribution is 2.37. The molecule has 3 rings (SSSR count). The molecule has 0 atom stereocenters. The van der Waals surface area contributed by atoms with Crippen molar-refractivity contribution in [3.8, 4) is 21.6 Å². The number of hydrogen-bond donors (Lipinski definition) is 0. The van der Waals surface area contributed by atoms with E-state index in [0.29, 0.717) is 0 Å². The van der Waals surface area contributed by atoms with Gasteiger partial charge in [0, 0.05) is 15.3 Å². The van der Waals surface area contributed by atoms with Gasteiger partial charge in [0.25, 0.3) is 0 Å². The second-order valence-corrected chi connectivity index (χ2v) is 6.17. The molecule has 1 heterocycles. The molecule has 0 aliphatic rings. The summed E-state index contributed by atoms with van der Waals surface area (Å²) in [6, 6.07) is 17.2. The quantitative estimate of drug-likeness (QED) is 0.539. The van der Waals surface area contributed by atoms with E-state index in [1.54, 1.807) is 23.1 Å². The van der Waals surface area contributed by atoms with Gasteiger partial charge < -0.3 is 0 Å². The zero-order valence-electron chi connectivity index (χ0n) is 11.0. The number of hydrogen-bond acceptors (Lipinski definition) is 2. The van der Waals surface area contributed by atoms with Gasteiger partial charge in [-0.25, -0.2) is 4.39 Å². The van der Waals surface area contributed by atoms with Crippen LogP contribution < -0.4 is 0 Å². The molecule has 0 radical (unpaired) electrons. The van der Waals surface area contributed by atoms with Gasteiger partial charge in [0.05, 0.1) is 0 Å². The normalized spacial score (nSPS) is 10.7. The lowest BCUT2D eigenvalue weighted by atomic mass is 10.1. The van der Waals surface area contributed by atoms with Crippen LogP contribution >= 0.6 is 23.1 Å². The zero-order valence-corrected chi connectivity index (χ0v) is 12.6. The molecule has 20 heavy (non-hydrogen) atoms. The molecular formula is C17H13FS2. The Hall–Kier alpha value is -1.58. The summed E-state index contributed by atoms with van der Waals surface area (Å²) in [5.74, 6) is -0.197. The summed E-state index contributed by atoms with van der Waals surface area (Å²) in [5, 5.41) is 2.12. The average Bonchev–Trinajstić information content (AvgIpc) is 2.97. The minimum Gasteiger partial charge on any atom is -0.207 e. The monoisotopic (exact) mass is 300 g/mol. The summed E-state index contributed by atoms with van der Waals surface area (Å²) in [6.45, 7) is 0. The molecule has 0 spiro atoms. The Kier molecular flexibility index (Phi) is 3.90. The van der Waals surface area contributed by atoms with Crippen LogP contribution in [0.2, 0.25) is 0 Å². The first-order chi connectivity index (χ1) is 9.78. The molecule has 3 aromatic rings. The van der Waals surface area contributed by atoms with Crippen LogP contribution in [0.25, 0.3) is 21.6 Å². The summed E-state index contributed by atoms with van der Waals surface area (Å²) in [6.07, 6.45) is 2.09. The van der Waals surface area contributed by atoms with Gasteiger partial charge in [-0.2, -0.15) is 0 Å². The van der Waals surface area contributed by atoms with E-state index in [1.807, 2.05) is 12.1 Å². The van der Waals surface area contributed by atoms with Crippen LogP contribution in [-0.4, -0.2) is 6.26 Å². The van der Waals surface area contributed by atoms with Crippen LogP contribution in [-0.2, 0) is 0 Å². The second-order valence-electron chi connectivity index (χ2n) is 4.41. The number of benzene rings is 2. The van der Waals surface area contributed by atoms with E-state index in [9.17, 15) is 4.39 Å². The van der Waals surface area contributed by atoms with Gasteiger partial charge in [-0.1, -0.05) is 30.3 Å². The Morgan fingerprint density at radius 1 is 0.950 bits per heavy atom. The predicted octanol–water partition coefficient (Wildman–Crippen LogP) is 5.94. The van der Waals surface area contributed by atoms with Crippen molar-refractivity contribution in [1.82, 2.24) is 0 Å². The fraction of sp³-hybridized carbons (Fsp3) is 0.0588. The maximum absolute atomic E-state index is 13.0. The van der Waals surface area contributed by atoms with Crippen molar-refractivity contribution in [1.29, 1.82) is 0 Å². The molecule has 0 amide bonds. The Labute approximate surface area is 126 Å². The van der Waals surface area contributed by atoms with Crippen LogP contribution in [0.4, 0.5) is 4.39 Å². The molecule has 2 aromatic carbocycles. The number of thioether (sulfide) groups is 1. The van der Waals surface area contributed by atoms with Gasteiger partial charge in [-0.3, -0.25) is 0 Å². The third kappa shape index (κ3) is 2.65. The van der Waals surface area contributed by atoms with Crippen molar-refractivity contribution >= 4 is 23.1 Å². The van der Waals surface area contributed by atoms with Crippen LogP contribution in [0, 0.1) is 5.82 Å². The summed E-state index contributed by atoms with van der Waals surface area (Å²) in [7, 11) is 0. The largest absolute Gasteiger partial charge is 0.207 e. The molecule has 0 saturated carbocycles. The van der Waals surface area contributed by atoms with Crippen molar-refractivity contribution in [3.63, 3.8) is 0 Å². The predicted molar refractivity (Wildman–Crippen MR) is 86.9 cm³/mol. The van der Waals surface area contributed by atoms with Gasteiger partial charge in [0.2, 0.25) is 0 Å². The summed E-state index contributed by atoms with van der Waals surface area (Å²) >= 11 is 3.48. The van der Waals surface area contributed by atoms with E-state index in [2.05, 4.69) is 42.0 Å². The lowest BCUT2D eigenvalue weighted by Crippen LogP contribution is -1.78. The van der Waals surface area contributed by atoms with E-state index in [4.69, 9.17) is 0 Å². The Bertz CT molecular complexity index is 714. The molecule has 0 fully saturated rings. The maximum atomic E-state index is 13.0. The molecule has 0 unspecified atom stereocenters. The molecule has 0 aliphatic heterocycles. The fourth-order valence-electron chi connectivity index (χ4n) is 2.12. The molecule has 1 aromatic heterocycles. The zero-order chi connectivity index (χ0) is 13.9. The molecule has 0 N–H and O–H groups in total. The Balaban J connectivity index is 2.00. The molecule has 100 valence electrons. The molecule has 0 saturated heterocycles. The molecule has 0 bridgehead atoms. The van der Waals surface area contributed by atoms with Gasteiger partial charge in [-0.15, -0.1) is 23.1 Å².